The van der Waals surface area contributed by atoms with Crippen LogP contribution in [0.1, 0.15) is 5.56 Å². The highest BCUT2D eigenvalue weighted by Crippen LogP contribution is 2.21. The normalized spacial score (nSPS) is 11.1. The summed E-state index contributed by atoms with van der Waals surface area (Å²) in [5.41, 5.74) is 2.08. The second-order valence-corrected chi connectivity index (χ2v) is 5.52. The Balaban J connectivity index is 1.65. The summed E-state index contributed by atoms with van der Waals surface area (Å²) in [4.78, 5) is 3.98. The summed E-state index contributed by atoms with van der Waals surface area (Å²) in [5, 5.41) is 8.96. The van der Waals surface area contributed by atoms with Crippen molar-refractivity contribution in [2.24, 2.45) is 0 Å². The van der Waals surface area contributed by atoms with Crippen LogP contribution in [0, 0.1) is 0 Å². The van der Waals surface area contributed by atoms with Gasteiger partial charge >= 0.3 is 0 Å². The van der Waals surface area contributed by atoms with E-state index in [-0.39, 0.29) is 0 Å². The molecule has 5 nitrogen and oxygen atoms in total. The number of rotatable bonds is 5. The molecule has 0 spiro atoms. The van der Waals surface area contributed by atoms with Crippen molar-refractivity contribution >= 4 is 17.8 Å². The molecule has 3 aromatic rings. The number of hydrogen-bond donors (Lipinski definition) is 1. The van der Waals surface area contributed by atoms with Gasteiger partial charge in [0.2, 0.25) is 5.16 Å². The van der Waals surface area contributed by atoms with E-state index in [0.717, 1.165) is 11.3 Å². The highest BCUT2D eigenvalue weighted by Gasteiger charge is 2.10. The summed E-state index contributed by atoms with van der Waals surface area (Å²) in [6.07, 6.45) is 7.58. The van der Waals surface area contributed by atoms with E-state index in [9.17, 15) is 0 Å². The third-order valence-electron chi connectivity index (χ3n) is 3.02. The Morgan fingerprint density at radius 3 is 2.59 bits per heavy atom. The third-order valence-corrected chi connectivity index (χ3v) is 3.92. The van der Waals surface area contributed by atoms with E-state index in [2.05, 4.69) is 39.5 Å². The minimum absolute atomic E-state index is 0.636. The van der Waals surface area contributed by atoms with E-state index in [1.807, 2.05) is 30.3 Å². The summed E-state index contributed by atoms with van der Waals surface area (Å²) < 4.78 is 1.51. The van der Waals surface area contributed by atoms with Gasteiger partial charge in [-0.1, -0.05) is 54.2 Å². The monoisotopic (exact) mass is 309 g/mol. The van der Waals surface area contributed by atoms with Crippen molar-refractivity contribution in [3.05, 3.63) is 66.5 Å². The molecule has 1 aromatic carbocycles. The first-order chi connectivity index (χ1) is 10.8. The third kappa shape index (κ3) is 3.35. The molecular formula is C16H15N5S. The molecule has 3 rings (SSSR count). The predicted octanol–water partition coefficient (Wildman–Crippen LogP) is 2.86. The van der Waals surface area contributed by atoms with Crippen LogP contribution in [-0.4, -0.2) is 25.6 Å². The number of nitrogens with two attached hydrogens (primary N) is 1. The molecule has 0 unspecified atom stereocenters. The van der Waals surface area contributed by atoms with Crippen molar-refractivity contribution in [2.75, 3.05) is 11.6 Å². The van der Waals surface area contributed by atoms with Crippen LogP contribution in [0.25, 0.3) is 17.5 Å². The largest absolute Gasteiger partial charge is 0.335 e. The Morgan fingerprint density at radius 1 is 1.05 bits per heavy atom. The number of nitrogens with zero attached hydrogens (tertiary/aromatic N) is 4. The number of nitrogen functional groups attached to an aromatic ring is 1. The van der Waals surface area contributed by atoms with Crippen molar-refractivity contribution in [2.45, 2.75) is 5.16 Å². The summed E-state index contributed by atoms with van der Waals surface area (Å²) in [7, 11) is 0. The molecule has 0 atom stereocenters. The standard InChI is InChI=1S/C16H15N5S/c17-21-15(14-8-10-18-11-9-14)19-20-16(21)22-12-4-7-13-5-2-1-3-6-13/h1-11H,12,17H2. The molecule has 2 heterocycles. The maximum Gasteiger partial charge on any atom is 0.210 e. The minimum Gasteiger partial charge on any atom is -0.335 e. The molecule has 110 valence electrons. The van der Waals surface area contributed by atoms with Gasteiger partial charge in [-0.15, -0.1) is 10.2 Å². The molecule has 22 heavy (non-hydrogen) atoms. The van der Waals surface area contributed by atoms with Crippen LogP contribution in [0.2, 0.25) is 0 Å². The van der Waals surface area contributed by atoms with Crippen molar-refractivity contribution in [3.8, 4) is 11.4 Å². The Hall–Kier alpha value is -2.60. The average molecular weight is 309 g/mol. The second kappa shape index (κ2) is 6.91. The van der Waals surface area contributed by atoms with Gasteiger partial charge in [0.25, 0.3) is 0 Å². The van der Waals surface area contributed by atoms with Gasteiger partial charge in [-0.25, -0.2) is 4.68 Å². The lowest BCUT2D eigenvalue weighted by Crippen LogP contribution is -2.11. The average Bonchev–Trinajstić information content (AvgIpc) is 2.94. The fourth-order valence-electron chi connectivity index (χ4n) is 1.94. The lowest BCUT2D eigenvalue weighted by Gasteiger charge is -2.02. The van der Waals surface area contributed by atoms with Crippen molar-refractivity contribution in [1.82, 2.24) is 19.9 Å². The maximum atomic E-state index is 6.06. The highest BCUT2D eigenvalue weighted by molar-refractivity contribution is 7.99. The van der Waals surface area contributed by atoms with Gasteiger partial charge in [0.1, 0.15) is 0 Å². The van der Waals surface area contributed by atoms with E-state index < -0.39 is 0 Å². The van der Waals surface area contributed by atoms with E-state index in [0.29, 0.717) is 11.0 Å². The molecule has 0 saturated heterocycles. The zero-order valence-electron chi connectivity index (χ0n) is 11.8. The molecular weight excluding hydrogens is 294 g/mol. The number of aromatic nitrogens is 4. The molecule has 0 aliphatic carbocycles. The molecule has 0 amide bonds. The first-order valence-electron chi connectivity index (χ1n) is 6.80. The fraction of sp³-hybridized carbons (Fsp3) is 0.0625. The second-order valence-electron chi connectivity index (χ2n) is 4.54. The quantitative estimate of drug-likeness (QED) is 0.580. The Labute approximate surface area is 132 Å². The van der Waals surface area contributed by atoms with Crippen LogP contribution in [0.5, 0.6) is 0 Å². The maximum absolute atomic E-state index is 6.06. The van der Waals surface area contributed by atoms with Crippen LogP contribution in [0.4, 0.5) is 0 Å². The van der Waals surface area contributed by atoms with Gasteiger partial charge in [-0.3, -0.25) is 4.98 Å². The SMILES string of the molecule is Nn1c(SCC=Cc2ccccc2)nnc1-c1ccncc1. The van der Waals surface area contributed by atoms with Crippen LogP contribution in [0.3, 0.4) is 0 Å². The number of hydrogen-bond acceptors (Lipinski definition) is 5. The van der Waals surface area contributed by atoms with Crippen LogP contribution in [-0.2, 0) is 0 Å². The Kier molecular flexibility index (Phi) is 4.50. The molecule has 2 N–H and O–H groups in total. The lowest BCUT2D eigenvalue weighted by molar-refractivity contribution is 0.851. The summed E-state index contributed by atoms with van der Waals surface area (Å²) in [6, 6.07) is 13.9. The van der Waals surface area contributed by atoms with Crippen LogP contribution in [0.15, 0.2) is 66.1 Å². The number of pyridine rings is 1. The molecule has 0 radical (unpaired) electrons. The van der Waals surface area contributed by atoms with Gasteiger partial charge in [0.05, 0.1) is 0 Å². The molecule has 2 aromatic heterocycles. The minimum atomic E-state index is 0.636. The number of benzene rings is 1. The van der Waals surface area contributed by atoms with Crippen LogP contribution < -0.4 is 5.84 Å². The molecule has 0 saturated carbocycles. The van der Waals surface area contributed by atoms with E-state index in [4.69, 9.17) is 5.84 Å². The number of thioether (sulfide) groups is 1. The van der Waals surface area contributed by atoms with Crippen molar-refractivity contribution < 1.29 is 0 Å². The predicted molar refractivity (Wildman–Crippen MR) is 89.6 cm³/mol. The zero-order chi connectivity index (χ0) is 15.2. The molecule has 0 fully saturated rings. The molecule has 6 heteroatoms. The zero-order valence-corrected chi connectivity index (χ0v) is 12.6. The summed E-state index contributed by atoms with van der Waals surface area (Å²) >= 11 is 1.54. The summed E-state index contributed by atoms with van der Waals surface area (Å²) in [5.74, 6) is 7.47. The smallest absolute Gasteiger partial charge is 0.210 e. The summed E-state index contributed by atoms with van der Waals surface area (Å²) in [6.45, 7) is 0. The van der Waals surface area contributed by atoms with Crippen molar-refractivity contribution in [3.63, 3.8) is 0 Å². The highest BCUT2D eigenvalue weighted by atomic mass is 32.2. The Morgan fingerprint density at radius 2 is 1.82 bits per heavy atom. The Bertz CT molecular complexity index is 753. The topological polar surface area (TPSA) is 69.6 Å². The van der Waals surface area contributed by atoms with Gasteiger partial charge in [-0.05, 0) is 17.7 Å². The van der Waals surface area contributed by atoms with Gasteiger partial charge in [-0.2, -0.15) is 0 Å². The molecule has 0 aliphatic rings. The van der Waals surface area contributed by atoms with Gasteiger partial charge < -0.3 is 5.84 Å². The van der Waals surface area contributed by atoms with E-state index >= 15 is 0 Å². The van der Waals surface area contributed by atoms with Gasteiger partial charge in [0, 0.05) is 23.7 Å². The first kappa shape index (κ1) is 14.3. The van der Waals surface area contributed by atoms with E-state index in [1.54, 1.807) is 24.2 Å². The van der Waals surface area contributed by atoms with Crippen molar-refractivity contribution in [1.29, 1.82) is 0 Å². The molecule has 0 aliphatic heterocycles. The first-order valence-corrected chi connectivity index (χ1v) is 7.78. The van der Waals surface area contributed by atoms with Crippen LogP contribution >= 0.6 is 11.8 Å². The van der Waals surface area contributed by atoms with Gasteiger partial charge in [0.15, 0.2) is 5.82 Å². The van der Waals surface area contributed by atoms with E-state index in [1.165, 1.54) is 10.2 Å². The fourth-order valence-corrected chi connectivity index (χ4v) is 2.61. The molecule has 0 bridgehead atoms. The lowest BCUT2D eigenvalue weighted by atomic mass is 10.2.